The molecule has 0 aliphatic carbocycles. The zero-order valence-electron chi connectivity index (χ0n) is 16.1. The highest BCUT2D eigenvalue weighted by atomic mass is 16.5. The predicted octanol–water partition coefficient (Wildman–Crippen LogP) is 2.96. The van der Waals surface area contributed by atoms with Crippen LogP contribution in [0.15, 0.2) is 28.8 Å². The van der Waals surface area contributed by atoms with Crippen molar-refractivity contribution in [1.82, 2.24) is 19.9 Å². The van der Waals surface area contributed by atoms with Crippen LogP contribution in [-0.4, -0.2) is 45.0 Å². The van der Waals surface area contributed by atoms with Crippen molar-refractivity contribution in [2.45, 2.75) is 64.6 Å². The first kappa shape index (κ1) is 18.2. The van der Waals surface area contributed by atoms with E-state index in [1.807, 2.05) is 4.90 Å². The number of amides is 1. The summed E-state index contributed by atoms with van der Waals surface area (Å²) in [4.78, 5) is 21.9. The average molecular weight is 368 g/mol. The summed E-state index contributed by atoms with van der Waals surface area (Å²) in [6.07, 6.45) is 5.99. The lowest BCUT2D eigenvalue weighted by molar-refractivity contribution is -0.137. The normalized spacial score (nSPS) is 20.0. The third kappa shape index (κ3) is 4.05. The van der Waals surface area contributed by atoms with Gasteiger partial charge in [-0.3, -0.25) is 9.69 Å². The number of aromatic nitrogens is 2. The van der Waals surface area contributed by atoms with E-state index < -0.39 is 0 Å². The van der Waals surface area contributed by atoms with Crippen molar-refractivity contribution in [3.63, 3.8) is 0 Å². The first-order chi connectivity index (χ1) is 13.2. The number of rotatable bonds is 6. The molecule has 1 amide bonds. The molecule has 1 fully saturated rings. The van der Waals surface area contributed by atoms with Crippen LogP contribution in [0.5, 0.6) is 0 Å². The van der Waals surface area contributed by atoms with Gasteiger partial charge in [0.1, 0.15) is 0 Å². The smallest absolute Gasteiger partial charge is 0.240 e. The summed E-state index contributed by atoms with van der Waals surface area (Å²) in [7, 11) is 0. The molecule has 0 bridgehead atoms. The number of aryl methyl sites for hydroxylation is 1. The van der Waals surface area contributed by atoms with Crippen LogP contribution >= 0.6 is 0 Å². The predicted molar refractivity (Wildman–Crippen MR) is 102 cm³/mol. The second-order valence-corrected chi connectivity index (χ2v) is 7.63. The number of hydrogen-bond acceptors (Lipinski definition) is 5. The van der Waals surface area contributed by atoms with Crippen LogP contribution in [-0.2, 0) is 30.7 Å². The van der Waals surface area contributed by atoms with Crippen molar-refractivity contribution >= 4 is 5.91 Å². The van der Waals surface area contributed by atoms with E-state index in [9.17, 15) is 4.79 Å². The second-order valence-electron chi connectivity index (χ2n) is 7.63. The maximum Gasteiger partial charge on any atom is 0.240 e. The van der Waals surface area contributed by atoms with E-state index in [1.54, 1.807) is 0 Å². The third-order valence-corrected chi connectivity index (χ3v) is 5.65. The summed E-state index contributed by atoms with van der Waals surface area (Å²) >= 11 is 0. The molecule has 0 saturated carbocycles. The summed E-state index contributed by atoms with van der Waals surface area (Å²) in [5.74, 6) is 1.62. The molecule has 1 saturated heterocycles. The number of hydrogen-bond donors (Lipinski definition) is 0. The Morgan fingerprint density at radius 3 is 2.78 bits per heavy atom. The van der Waals surface area contributed by atoms with E-state index in [0.29, 0.717) is 12.4 Å². The minimum absolute atomic E-state index is 0.149. The fraction of sp³-hybridized carbons (Fsp3) is 0.571. The van der Waals surface area contributed by atoms with Gasteiger partial charge in [-0.2, -0.15) is 4.98 Å². The van der Waals surface area contributed by atoms with E-state index in [-0.39, 0.29) is 11.9 Å². The maximum atomic E-state index is 13.2. The van der Waals surface area contributed by atoms with E-state index in [0.717, 1.165) is 64.0 Å². The quantitative estimate of drug-likeness (QED) is 0.784. The first-order valence-corrected chi connectivity index (χ1v) is 10.2. The Labute approximate surface area is 160 Å². The highest BCUT2D eigenvalue weighted by molar-refractivity contribution is 5.82. The van der Waals surface area contributed by atoms with Crippen LogP contribution in [0, 0.1) is 0 Å². The van der Waals surface area contributed by atoms with Crippen molar-refractivity contribution in [1.29, 1.82) is 0 Å². The maximum absolute atomic E-state index is 13.2. The van der Waals surface area contributed by atoms with Gasteiger partial charge in [0.25, 0.3) is 0 Å². The molecule has 27 heavy (non-hydrogen) atoms. The molecule has 2 aliphatic rings. The topological polar surface area (TPSA) is 62.5 Å². The van der Waals surface area contributed by atoms with Gasteiger partial charge in [0, 0.05) is 26.1 Å². The Morgan fingerprint density at radius 1 is 1.22 bits per heavy atom. The Hall–Kier alpha value is -2.21. The van der Waals surface area contributed by atoms with Crippen molar-refractivity contribution in [3.8, 4) is 0 Å². The molecule has 1 aromatic carbocycles. The number of fused-ring (bicyclic) bond motifs is 1. The number of unbranched alkanes of at least 4 members (excludes halogenated alkanes) is 1. The van der Waals surface area contributed by atoms with Gasteiger partial charge in [-0.15, -0.1) is 0 Å². The van der Waals surface area contributed by atoms with Gasteiger partial charge >= 0.3 is 0 Å². The fourth-order valence-corrected chi connectivity index (χ4v) is 4.10. The van der Waals surface area contributed by atoms with Gasteiger partial charge in [0.2, 0.25) is 11.8 Å². The monoisotopic (exact) mass is 368 g/mol. The van der Waals surface area contributed by atoms with E-state index in [2.05, 4.69) is 46.2 Å². The van der Waals surface area contributed by atoms with Gasteiger partial charge in [-0.25, -0.2) is 0 Å². The third-order valence-electron chi connectivity index (χ3n) is 5.65. The van der Waals surface area contributed by atoms with Gasteiger partial charge in [0.05, 0.1) is 12.6 Å². The molecule has 1 aromatic heterocycles. The molecule has 144 valence electrons. The first-order valence-electron chi connectivity index (χ1n) is 10.2. The lowest BCUT2D eigenvalue weighted by Gasteiger charge is -2.37. The Balaban J connectivity index is 1.53. The summed E-state index contributed by atoms with van der Waals surface area (Å²) < 4.78 is 5.48. The molecule has 0 radical (unpaired) electrons. The minimum Gasteiger partial charge on any atom is -0.341 e. The molecule has 2 aromatic rings. The molecule has 2 aliphatic heterocycles. The van der Waals surface area contributed by atoms with Crippen LogP contribution < -0.4 is 0 Å². The van der Waals surface area contributed by atoms with Crippen molar-refractivity contribution in [3.05, 3.63) is 47.1 Å². The molecule has 0 N–H and O–H groups in total. The van der Waals surface area contributed by atoms with Gasteiger partial charge in [-0.05, 0) is 36.8 Å². The molecule has 6 heteroatoms. The lowest BCUT2D eigenvalue weighted by Crippen LogP contribution is -2.50. The van der Waals surface area contributed by atoms with E-state index in [4.69, 9.17) is 4.52 Å². The van der Waals surface area contributed by atoms with Crippen LogP contribution in [0.2, 0.25) is 0 Å². The zero-order valence-corrected chi connectivity index (χ0v) is 16.1. The van der Waals surface area contributed by atoms with Gasteiger partial charge < -0.3 is 9.42 Å². The summed E-state index contributed by atoms with van der Waals surface area (Å²) in [5.41, 5.74) is 2.56. The highest BCUT2D eigenvalue weighted by Crippen LogP contribution is 2.27. The average Bonchev–Trinajstić information content (AvgIpc) is 3.37. The number of nitrogens with zero attached hydrogens (tertiary/aromatic N) is 4. The zero-order chi connectivity index (χ0) is 18.6. The SMILES string of the molecule is CCCCc1noc(CN2Cc3ccccc3C[C@H]2C(=O)N2CCCC2)n1. The van der Waals surface area contributed by atoms with Gasteiger partial charge in [-0.1, -0.05) is 42.8 Å². The Kier molecular flexibility index (Phi) is 5.53. The fourth-order valence-electron chi connectivity index (χ4n) is 4.10. The number of carbonyl (C=O) groups is 1. The number of benzene rings is 1. The lowest BCUT2D eigenvalue weighted by atomic mass is 9.93. The number of likely N-dealkylation sites (tertiary alicyclic amines) is 1. The minimum atomic E-state index is -0.149. The van der Waals surface area contributed by atoms with E-state index in [1.165, 1.54) is 11.1 Å². The standard InChI is InChI=1S/C21H28N4O2/c1-2-3-10-19-22-20(27-23-19)15-25-14-17-9-5-4-8-16(17)13-18(25)21(26)24-11-6-7-12-24/h4-5,8-9,18H,2-3,6-7,10-15H2,1H3/t18-/m0/s1. The van der Waals surface area contributed by atoms with Crippen molar-refractivity contribution in [2.75, 3.05) is 13.1 Å². The van der Waals surface area contributed by atoms with Crippen LogP contribution in [0.1, 0.15) is 55.4 Å². The Bertz CT molecular complexity index is 782. The summed E-state index contributed by atoms with van der Waals surface area (Å²) in [6, 6.07) is 8.27. The second kappa shape index (κ2) is 8.21. The van der Waals surface area contributed by atoms with Crippen molar-refractivity contribution < 1.29 is 9.32 Å². The molecular formula is C21H28N4O2. The largest absolute Gasteiger partial charge is 0.341 e. The van der Waals surface area contributed by atoms with Crippen LogP contribution in [0.25, 0.3) is 0 Å². The van der Waals surface area contributed by atoms with Crippen molar-refractivity contribution in [2.24, 2.45) is 0 Å². The molecule has 0 spiro atoms. The molecule has 1 atom stereocenters. The van der Waals surface area contributed by atoms with Gasteiger partial charge in [0.15, 0.2) is 5.82 Å². The van der Waals surface area contributed by atoms with Crippen LogP contribution in [0.4, 0.5) is 0 Å². The summed E-state index contributed by atoms with van der Waals surface area (Å²) in [5, 5.41) is 4.10. The highest BCUT2D eigenvalue weighted by Gasteiger charge is 2.35. The molecule has 4 rings (SSSR count). The molecule has 3 heterocycles. The van der Waals surface area contributed by atoms with Crippen LogP contribution in [0.3, 0.4) is 0 Å². The molecule has 0 unspecified atom stereocenters. The molecular weight excluding hydrogens is 340 g/mol. The Morgan fingerprint density at radius 2 is 2.00 bits per heavy atom. The number of carbonyl (C=O) groups excluding carboxylic acids is 1. The summed E-state index contributed by atoms with van der Waals surface area (Å²) in [6.45, 7) is 5.19. The van der Waals surface area contributed by atoms with E-state index >= 15 is 0 Å². The molecule has 6 nitrogen and oxygen atoms in total.